The zero-order chi connectivity index (χ0) is 42.5. The van der Waals surface area contributed by atoms with Crippen molar-refractivity contribution in [3.63, 3.8) is 0 Å². The van der Waals surface area contributed by atoms with Gasteiger partial charge in [0.15, 0.2) is 23.3 Å². The van der Waals surface area contributed by atoms with Gasteiger partial charge in [-0.25, -0.2) is 17.6 Å². The van der Waals surface area contributed by atoms with Crippen LogP contribution in [-0.2, 0) is 22.4 Å². The lowest BCUT2D eigenvalue weighted by atomic mass is 9.95. The Hall–Kier alpha value is -5.11. The zero-order valence-corrected chi connectivity index (χ0v) is 36.4. The topological polar surface area (TPSA) is 89.1 Å². The molecule has 0 saturated heterocycles. The first-order chi connectivity index (χ1) is 27.5. The van der Waals surface area contributed by atoms with Crippen molar-refractivity contribution < 1.29 is 47.2 Å². The molecule has 6 rings (SSSR count). The van der Waals surface area contributed by atoms with Crippen molar-refractivity contribution >= 4 is 57.5 Å². The molecule has 312 valence electrons. The van der Waals surface area contributed by atoms with Gasteiger partial charge in [0.1, 0.15) is 12.1 Å². The van der Waals surface area contributed by atoms with E-state index in [0.717, 1.165) is 36.8 Å². The van der Waals surface area contributed by atoms with Crippen LogP contribution in [0.4, 0.5) is 17.6 Å². The maximum Gasteiger partial charge on any atom is 0.159 e. The van der Waals surface area contributed by atoms with E-state index in [1.165, 1.54) is 77.9 Å². The third kappa shape index (κ3) is 14.3. The molecule has 0 bridgehead atoms. The number of aliphatic carboxylic acids is 2. The van der Waals surface area contributed by atoms with Gasteiger partial charge < -0.3 is 29.6 Å². The lowest BCUT2D eigenvalue weighted by molar-refractivity contribution is -0.892. The number of carbonyl (C=O) groups excluding carboxylic acids is 2. The molecule has 0 aliphatic rings. The summed E-state index contributed by atoms with van der Waals surface area (Å²) in [6.45, 7) is 4.27. The smallest absolute Gasteiger partial charge is 0.159 e. The number of fused-ring (bicyclic) bond motifs is 2. The molecule has 2 atom stereocenters. The summed E-state index contributed by atoms with van der Waals surface area (Å²) in [6.07, 6.45) is 4.34. The second-order valence-electron chi connectivity index (χ2n) is 14.9. The van der Waals surface area contributed by atoms with Gasteiger partial charge in [-0.1, -0.05) is 72.8 Å². The number of carboxylic acid groups (broad SMARTS) is 2. The Morgan fingerprint density at radius 1 is 0.542 bits per heavy atom. The van der Waals surface area contributed by atoms with E-state index in [1.54, 1.807) is 12.1 Å². The minimum Gasteiger partial charge on any atom is -0.545 e. The summed E-state index contributed by atoms with van der Waals surface area (Å²) in [5.41, 5.74) is 6.80. The van der Waals surface area contributed by atoms with Gasteiger partial charge in [-0.3, -0.25) is 0 Å². The Labute approximate surface area is 360 Å². The van der Waals surface area contributed by atoms with Crippen LogP contribution in [0.25, 0.3) is 21.5 Å². The van der Waals surface area contributed by atoms with Gasteiger partial charge in [0.05, 0.1) is 40.1 Å². The van der Waals surface area contributed by atoms with Crippen LogP contribution in [0.15, 0.2) is 121 Å². The van der Waals surface area contributed by atoms with Gasteiger partial charge >= 0.3 is 0 Å². The quantitative estimate of drug-likeness (QED) is 0.0877. The molecule has 0 heterocycles. The average molecular weight is 923 g/mol. The predicted octanol–water partition coefficient (Wildman–Crippen LogP) is 6.15. The van der Waals surface area contributed by atoms with Crippen molar-refractivity contribution in [2.45, 2.75) is 51.6 Å². The first kappa shape index (κ1) is 48.3. The van der Waals surface area contributed by atoms with Gasteiger partial charge in [-0.2, -0.15) is 0 Å². The summed E-state index contributed by atoms with van der Waals surface area (Å²) in [4.78, 5) is 21.3. The van der Waals surface area contributed by atoms with Crippen molar-refractivity contribution in [3.8, 4) is 0 Å². The highest BCUT2D eigenvalue weighted by Gasteiger charge is 2.21. The third-order valence-electron chi connectivity index (χ3n) is 10.1. The lowest BCUT2D eigenvalue weighted by Gasteiger charge is -2.22. The average Bonchev–Trinajstić information content (AvgIpc) is 3.17. The molecular formula is C48H51F4IN2O4. The van der Waals surface area contributed by atoms with E-state index in [-0.39, 0.29) is 36.1 Å². The van der Waals surface area contributed by atoms with E-state index >= 15 is 0 Å². The molecule has 0 aliphatic heterocycles. The van der Waals surface area contributed by atoms with Crippen LogP contribution in [0.3, 0.4) is 0 Å². The summed E-state index contributed by atoms with van der Waals surface area (Å²) in [6, 6.07) is 34.5. The molecule has 6 aromatic carbocycles. The maximum absolute atomic E-state index is 13.6. The number of quaternary nitrogens is 2. The van der Waals surface area contributed by atoms with Crippen LogP contribution in [-0.4, -0.2) is 40.1 Å². The normalized spacial score (nSPS) is 12.1. The SMILES string of the molecule is Cc1cc(CCC(c2ccc(F)c(F)c2)[NH+](C)C)cc2ccccc12.Cc1cc(CCC(c2ccc(F)c(F)c2)[NH+](C)C)cc2ccccc12.I.O=C([O-])C=CC(=O)[O-]. The molecule has 0 aliphatic carbocycles. The number of halogens is 5. The maximum atomic E-state index is 13.6. The minimum atomic E-state index is -1.55. The monoisotopic (exact) mass is 922 g/mol. The number of benzene rings is 6. The molecule has 0 amide bonds. The Morgan fingerprint density at radius 2 is 0.898 bits per heavy atom. The first-order valence-corrected chi connectivity index (χ1v) is 19.1. The van der Waals surface area contributed by atoms with E-state index < -0.39 is 35.2 Å². The van der Waals surface area contributed by atoms with E-state index in [4.69, 9.17) is 0 Å². The van der Waals surface area contributed by atoms with Crippen LogP contribution >= 0.6 is 24.0 Å². The second-order valence-corrected chi connectivity index (χ2v) is 14.9. The summed E-state index contributed by atoms with van der Waals surface area (Å²) >= 11 is 0. The van der Waals surface area contributed by atoms with E-state index in [9.17, 15) is 37.4 Å². The molecule has 0 saturated carbocycles. The summed E-state index contributed by atoms with van der Waals surface area (Å²) in [7, 11) is 8.21. The number of hydrogen-bond acceptors (Lipinski definition) is 4. The molecule has 0 fully saturated rings. The Balaban J connectivity index is 0.000000263. The van der Waals surface area contributed by atoms with Crippen LogP contribution in [0.5, 0.6) is 0 Å². The van der Waals surface area contributed by atoms with Crippen LogP contribution in [0.1, 0.15) is 58.3 Å². The van der Waals surface area contributed by atoms with Crippen molar-refractivity contribution in [2.24, 2.45) is 0 Å². The van der Waals surface area contributed by atoms with E-state index in [0.29, 0.717) is 12.2 Å². The fraction of sp³-hybridized carbons (Fsp3) is 0.250. The number of aryl methyl sites for hydroxylation is 4. The highest BCUT2D eigenvalue weighted by molar-refractivity contribution is 14.0. The number of carbonyl (C=O) groups is 2. The van der Waals surface area contributed by atoms with Crippen LogP contribution < -0.4 is 20.0 Å². The van der Waals surface area contributed by atoms with Gasteiger partial charge in [0.25, 0.3) is 0 Å². The Morgan fingerprint density at radius 3 is 1.22 bits per heavy atom. The number of nitrogens with one attached hydrogen (secondary N) is 2. The van der Waals surface area contributed by atoms with Gasteiger partial charge in [-0.15, -0.1) is 24.0 Å². The summed E-state index contributed by atoms with van der Waals surface area (Å²) in [5, 5.41) is 23.9. The Kier molecular flexibility index (Phi) is 18.7. The molecule has 0 spiro atoms. The molecule has 2 unspecified atom stereocenters. The van der Waals surface area contributed by atoms with Gasteiger partial charge in [-0.05, 0) is 119 Å². The molecule has 2 N–H and O–H groups in total. The zero-order valence-electron chi connectivity index (χ0n) is 34.1. The summed E-state index contributed by atoms with van der Waals surface area (Å²) < 4.78 is 53.7. The molecule has 11 heteroatoms. The van der Waals surface area contributed by atoms with Crippen LogP contribution in [0, 0.1) is 37.1 Å². The van der Waals surface area contributed by atoms with Crippen molar-refractivity contribution in [3.05, 3.63) is 178 Å². The molecule has 6 aromatic rings. The molecule has 0 radical (unpaired) electrons. The standard InChI is InChI=1S/2C22H23F2N.C4H4O4.HI/c2*1-15-12-16(13-17-6-4-5-7-19(15)17)8-11-22(25(2)3)18-9-10-20(23)21(24)14-18;5-3(6)1-2-4(7)8;/h2*4-7,9-10,12-14,22H,8,11H2,1-3H3;1-2H,(H,5,6)(H,7,8);1H. The van der Waals surface area contributed by atoms with Gasteiger partial charge in [0, 0.05) is 24.0 Å². The minimum absolute atomic E-state index is 0. The largest absolute Gasteiger partial charge is 0.545 e. The number of hydrogen-bond donors (Lipinski definition) is 2. The van der Waals surface area contributed by atoms with Crippen molar-refractivity contribution in [2.75, 3.05) is 28.2 Å². The molecule has 0 aromatic heterocycles. The molecule has 6 nitrogen and oxygen atoms in total. The third-order valence-corrected chi connectivity index (χ3v) is 10.1. The number of carboxylic acids is 2. The van der Waals surface area contributed by atoms with Crippen molar-refractivity contribution in [1.29, 1.82) is 0 Å². The van der Waals surface area contributed by atoms with E-state index in [2.05, 4.69) is 115 Å². The molecule has 59 heavy (non-hydrogen) atoms. The molecular weight excluding hydrogens is 871 g/mol. The second kappa shape index (κ2) is 22.9. The van der Waals surface area contributed by atoms with Crippen LogP contribution in [0.2, 0.25) is 0 Å². The fourth-order valence-electron chi connectivity index (χ4n) is 7.24. The fourth-order valence-corrected chi connectivity index (χ4v) is 7.24. The number of rotatable bonds is 12. The van der Waals surface area contributed by atoms with Crippen molar-refractivity contribution in [1.82, 2.24) is 0 Å². The predicted molar refractivity (Wildman–Crippen MR) is 232 cm³/mol. The highest BCUT2D eigenvalue weighted by Crippen LogP contribution is 2.26. The highest BCUT2D eigenvalue weighted by atomic mass is 127. The first-order valence-electron chi connectivity index (χ1n) is 19.1. The Bertz CT molecular complexity index is 2220. The lowest BCUT2D eigenvalue weighted by Crippen LogP contribution is -3.06. The summed E-state index contributed by atoms with van der Waals surface area (Å²) in [5.74, 6) is -6.22. The van der Waals surface area contributed by atoms with E-state index in [1.807, 2.05) is 0 Å². The van der Waals surface area contributed by atoms with Gasteiger partial charge in [0.2, 0.25) is 0 Å².